The molecule has 1 amide bonds. The Hall–Kier alpha value is -1.86. The summed E-state index contributed by atoms with van der Waals surface area (Å²) in [5, 5.41) is 11.7. The van der Waals surface area contributed by atoms with E-state index in [0.717, 1.165) is 25.2 Å². The normalized spacial score (nSPS) is 10.2. The number of nitriles is 1. The van der Waals surface area contributed by atoms with Crippen molar-refractivity contribution >= 4 is 5.91 Å². The molecular weight excluding hydrogens is 238 g/mol. The van der Waals surface area contributed by atoms with Crippen LogP contribution in [0.3, 0.4) is 0 Å². The fraction of sp³-hybridized carbons (Fsp3) is 0.467. The number of nitrogens with one attached hydrogen (secondary N) is 1. The molecule has 0 radical (unpaired) electrons. The van der Waals surface area contributed by atoms with Crippen molar-refractivity contribution in [3.63, 3.8) is 0 Å². The summed E-state index contributed by atoms with van der Waals surface area (Å²) in [7, 11) is 0. The van der Waals surface area contributed by atoms with Gasteiger partial charge in [-0.05, 0) is 24.7 Å². The molecule has 4 nitrogen and oxygen atoms in total. The summed E-state index contributed by atoms with van der Waals surface area (Å²) in [4.78, 5) is 14.3. The number of nitrogens with zero attached hydrogens (tertiary/aromatic N) is 2. The summed E-state index contributed by atoms with van der Waals surface area (Å²) in [6, 6.07) is 9.34. The van der Waals surface area contributed by atoms with Crippen LogP contribution in [0, 0.1) is 11.3 Å². The van der Waals surface area contributed by atoms with Crippen LogP contribution in [0.5, 0.6) is 0 Å². The van der Waals surface area contributed by atoms with Crippen LogP contribution in [0.2, 0.25) is 0 Å². The van der Waals surface area contributed by atoms with Crippen LogP contribution in [0.15, 0.2) is 24.3 Å². The van der Waals surface area contributed by atoms with Gasteiger partial charge in [-0.15, -0.1) is 0 Å². The number of benzene rings is 1. The van der Waals surface area contributed by atoms with Gasteiger partial charge in [0.2, 0.25) is 0 Å². The van der Waals surface area contributed by atoms with Crippen molar-refractivity contribution in [1.29, 1.82) is 5.26 Å². The predicted octanol–water partition coefficient (Wildman–Crippen LogP) is 1.82. The zero-order valence-corrected chi connectivity index (χ0v) is 11.6. The molecule has 1 N–H and O–H groups in total. The molecule has 1 aromatic carbocycles. The number of hydrogen-bond donors (Lipinski definition) is 1. The molecular formula is C15H21N3O. The van der Waals surface area contributed by atoms with Crippen LogP contribution in [0.25, 0.3) is 0 Å². The van der Waals surface area contributed by atoms with E-state index in [4.69, 9.17) is 5.26 Å². The third-order valence-electron chi connectivity index (χ3n) is 3.14. The largest absolute Gasteiger partial charge is 0.351 e. The summed E-state index contributed by atoms with van der Waals surface area (Å²) in [5.74, 6) is -0.0991. The first-order valence-corrected chi connectivity index (χ1v) is 6.68. The highest BCUT2D eigenvalue weighted by Gasteiger charge is 2.10. The Morgan fingerprint density at radius 1 is 1.32 bits per heavy atom. The monoisotopic (exact) mass is 259 g/mol. The fourth-order valence-corrected chi connectivity index (χ4v) is 1.94. The number of carbonyl (C=O) groups is 1. The second-order valence-corrected chi connectivity index (χ2v) is 4.27. The minimum atomic E-state index is -0.0991. The Bertz CT molecular complexity index is 447. The van der Waals surface area contributed by atoms with E-state index in [0.29, 0.717) is 12.1 Å². The number of amides is 1. The lowest BCUT2D eigenvalue weighted by atomic mass is 10.0. The molecule has 102 valence electrons. The van der Waals surface area contributed by atoms with Gasteiger partial charge in [-0.3, -0.25) is 4.79 Å². The summed E-state index contributed by atoms with van der Waals surface area (Å²) < 4.78 is 0. The zero-order chi connectivity index (χ0) is 14.1. The Morgan fingerprint density at radius 3 is 2.63 bits per heavy atom. The Labute approximate surface area is 115 Å². The van der Waals surface area contributed by atoms with Crippen LogP contribution in [0.1, 0.15) is 29.8 Å². The van der Waals surface area contributed by atoms with Crippen molar-refractivity contribution < 1.29 is 4.79 Å². The van der Waals surface area contributed by atoms with Crippen molar-refractivity contribution in [3.8, 4) is 6.07 Å². The maximum absolute atomic E-state index is 12.1. The molecule has 0 aliphatic rings. The lowest BCUT2D eigenvalue weighted by molar-refractivity contribution is 0.0948. The highest BCUT2D eigenvalue weighted by Crippen LogP contribution is 2.08. The van der Waals surface area contributed by atoms with E-state index >= 15 is 0 Å². The van der Waals surface area contributed by atoms with E-state index in [1.54, 1.807) is 6.07 Å². The molecule has 1 rings (SSSR count). The van der Waals surface area contributed by atoms with Gasteiger partial charge in [0.05, 0.1) is 12.5 Å². The SMILES string of the molecule is CCN(CC)CCNC(=O)c1ccccc1CC#N. The average Bonchev–Trinajstić information content (AvgIpc) is 2.44. The first-order valence-electron chi connectivity index (χ1n) is 6.68. The molecule has 1 aromatic rings. The lowest BCUT2D eigenvalue weighted by Gasteiger charge is -2.18. The standard InChI is InChI=1S/C15H21N3O/c1-3-18(4-2)12-11-17-15(19)14-8-6-5-7-13(14)9-10-16/h5-8H,3-4,9,11-12H2,1-2H3,(H,17,19). The third kappa shape index (κ3) is 4.72. The molecule has 0 atom stereocenters. The summed E-state index contributed by atoms with van der Waals surface area (Å²) >= 11 is 0. The second-order valence-electron chi connectivity index (χ2n) is 4.27. The summed E-state index contributed by atoms with van der Waals surface area (Å²) in [5.41, 5.74) is 1.38. The Kier molecular flexibility index (Phi) is 6.62. The molecule has 0 heterocycles. The topological polar surface area (TPSA) is 56.1 Å². The molecule has 0 aliphatic carbocycles. The van der Waals surface area contributed by atoms with Gasteiger partial charge in [0, 0.05) is 18.7 Å². The minimum absolute atomic E-state index is 0.0991. The van der Waals surface area contributed by atoms with Crippen molar-refractivity contribution in [2.45, 2.75) is 20.3 Å². The summed E-state index contributed by atoms with van der Waals surface area (Å²) in [6.07, 6.45) is 0.264. The third-order valence-corrected chi connectivity index (χ3v) is 3.14. The van der Waals surface area contributed by atoms with E-state index in [1.165, 1.54) is 0 Å². The molecule has 19 heavy (non-hydrogen) atoms. The van der Waals surface area contributed by atoms with Gasteiger partial charge in [-0.25, -0.2) is 0 Å². The molecule has 0 bridgehead atoms. The van der Waals surface area contributed by atoms with Gasteiger partial charge in [-0.1, -0.05) is 32.0 Å². The predicted molar refractivity (Wildman–Crippen MR) is 75.9 cm³/mol. The summed E-state index contributed by atoms with van der Waals surface area (Å²) in [6.45, 7) is 7.65. The van der Waals surface area contributed by atoms with Gasteiger partial charge in [0.15, 0.2) is 0 Å². The minimum Gasteiger partial charge on any atom is -0.351 e. The quantitative estimate of drug-likeness (QED) is 0.812. The van der Waals surface area contributed by atoms with E-state index in [9.17, 15) is 4.79 Å². The Balaban J connectivity index is 2.56. The fourth-order valence-electron chi connectivity index (χ4n) is 1.94. The number of carbonyl (C=O) groups excluding carboxylic acids is 1. The molecule has 0 saturated carbocycles. The highest BCUT2D eigenvalue weighted by atomic mass is 16.1. The molecule has 0 aliphatic heterocycles. The van der Waals surface area contributed by atoms with E-state index in [-0.39, 0.29) is 12.3 Å². The van der Waals surface area contributed by atoms with E-state index < -0.39 is 0 Å². The van der Waals surface area contributed by atoms with Crippen molar-refractivity contribution in [1.82, 2.24) is 10.2 Å². The number of rotatable bonds is 7. The maximum atomic E-state index is 12.1. The van der Waals surface area contributed by atoms with Crippen LogP contribution >= 0.6 is 0 Å². The van der Waals surface area contributed by atoms with Crippen molar-refractivity contribution in [2.75, 3.05) is 26.2 Å². The highest BCUT2D eigenvalue weighted by molar-refractivity contribution is 5.95. The van der Waals surface area contributed by atoms with Crippen LogP contribution < -0.4 is 5.32 Å². The van der Waals surface area contributed by atoms with Gasteiger partial charge >= 0.3 is 0 Å². The van der Waals surface area contributed by atoms with Crippen molar-refractivity contribution in [3.05, 3.63) is 35.4 Å². The second kappa shape index (κ2) is 8.28. The first kappa shape index (κ1) is 15.2. The maximum Gasteiger partial charge on any atom is 0.251 e. The van der Waals surface area contributed by atoms with Gasteiger partial charge in [0.1, 0.15) is 0 Å². The smallest absolute Gasteiger partial charge is 0.251 e. The molecule has 0 fully saturated rings. The first-order chi connectivity index (χ1) is 9.22. The van der Waals surface area contributed by atoms with Crippen LogP contribution in [-0.2, 0) is 6.42 Å². The Morgan fingerprint density at radius 2 is 2.00 bits per heavy atom. The molecule has 0 unspecified atom stereocenters. The van der Waals surface area contributed by atoms with Gasteiger partial charge in [-0.2, -0.15) is 5.26 Å². The average molecular weight is 259 g/mol. The van der Waals surface area contributed by atoms with Gasteiger partial charge in [0.25, 0.3) is 5.91 Å². The number of likely N-dealkylation sites (N-methyl/N-ethyl adjacent to an activating group) is 1. The number of hydrogen-bond acceptors (Lipinski definition) is 3. The van der Waals surface area contributed by atoms with E-state index in [1.807, 2.05) is 18.2 Å². The van der Waals surface area contributed by atoms with Crippen molar-refractivity contribution in [2.24, 2.45) is 0 Å². The molecule has 0 saturated heterocycles. The molecule has 4 heteroatoms. The van der Waals surface area contributed by atoms with Gasteiger partial charge < -0.3 is 10.2 Å². The molecule has 0 aromatic heterocycles. The molecule has 0 spiro atoms. The zero-order valence-electron chi connectivity index (χ0n) is 11.6. The van der Waals surface area contributed by atoms with E-state index in [2.05, 4.69) is 30.1 Å². The van der Waals surface area contributed by atoms with Crippen LogP contribution in [-0.4, -0.2) is 37.0 Å². The van der Waals surface area contributed by atoms with Crippen LogP contribution in [0.4, 0.5) is 0 Å². The lowest BCUT2D eigenvalue weighted by Crippen LogP contribution is -2.35.